The second kappa shape index (κ2) is 39.8. The Labute approximate surface area is 528 Å². The number of nitrogens with one attached hydrogen (secondary N) is 6. The number of benzene rings is 1. The third-order valence-corrected chi connectivity index (χ3v) is 14.7. The zero-order chi connectivity index (χ0) is 65.0. The third kappa shape index (κ3) is 26.2. The van der Waals surface area contributed by atoms with Gasteiger partial charge in [-0.25, -0.2) is 9.78 Å². The minimum Gasteiger partial charge on any atom is -0.870 e. The summed E-state index contributed by atoms with van der Waals surface area (Å²) in [6.07, 6.45) is 0.0412. The first kappa shape index (κ1) is 78.0. The van der Waals surface area contributed by atoms with Gasteiger partial charge in [-0.1, -0.05) is 30.3 Å². The molecule has 34 heteroatoms. The first-order valence-electron chi connectivity index (χ1n) is 28.3. The fourth-order valence-electron chi connectivity index (χ4n) is 9.81. The van der Waals surface area contributed by atoms with Crippen LogP contribution in [-0.2, 0) is 70.4 Å². The van der Waals surface area contributed by atoms with Gasteiger partial charge in [-0.15, -0.1) is 0 Å². The molecule has 1 saturated heterocycles. The van der Waals surface area contributed by atoms with Crippen LogP contribution in [0.15, 0.2) is 52.4 Å². The van der Waals surface area contributed by atoms with E-state index < -0.39 is 176 Å². The van der Waals surface area contributed by atoms with Gasteiger partial charge in [-0.3, -0.25) is 62.8 Å². The monoisotopic (exact) mass is 1320 g/mol. The molecule has 1 fully saturated rings. The van der Waals surface area contributed by atoms with E-state index in [1.165, 1.54) is 34.1 Å². The van der Waals surface area contributed by atoms with Crippen molar-refractivity contribution < 1.29 is 98.8 Å². The van der Waals surface area contributed by atoms with E-state index in [0.717, 1.165) is 0 Å². The molecule has 4 rings (SSSR count). The zero-order valence-electron chi connectivity index (χ0n) is 49.4. The second-order valence-electron chi connectivity index (χ2n) is 21.3. The predicted molar refractivity (Wildman–Crippen MR) is 308 cm³/mol. The quantitative estimate of drug-likeness (QED) is 0.0110. The molecule has 90 heavy (non-hydrogen) atoms. The maximum absolute atomic E-state index is 13.9. The van der Waals surface area contributed by atoms with Crippen molar-refractivity contribution in [2.24, 2.45) is 17.8 Å². The average Bonchev–Trinajstić information content (AvgIpc) is 4.15. The van der Waals surface area contributed by atoms with Crippen molar-refractivity contribution in [1.29, 1.82) is 0 Å². The number of Topliss-reactive ketones (excluding diaryl/α,β-unsaturated/α-hetero) is 3. The number of carboxylic acid groups (broad SMARTS) is 5. The SMILES string of the molecule is C[C@H](NC(=O)[C@H](CC(=O)O)CC(=O)CNc1c(NCCCC(C(=O)[O-])N2CCN(CC=O)CCN(CC(=O)[O-])CCN(CC(=O)[O-])CC2)c(=O)c1=O)C(=O)C[C@@H](Cc1cnc[nH]1)C(=O)N[C@@H](CO)C(=O)C[C@@H](Cc1ccccc1)C(=O)N[C@@H](CO)C(=O)O.[Ga+3].[OH-]. The number of imidazole rings is 1. The summed E-state index contributed by atoms with van der Waals surface area (Å²) in [4.78, 5) is 190. The Bertz CT molecular complexity index is 2970. The first-order valence-corrected chi connectivity index (χ1v) is 28.3. The number of H-pyrrole nitrogens is 1. The number of ketones is 3. The molecule has 7 atom stereocenters. The molecule has 11 N–H and O–H groups in total. The Balaban J connectivity index is 0.0000138. The molecule has 0 saturated carbocycles. The van der Waals surface area contributed by atoms with Crippen LogP contribution in [0.25, 0.3) is 0 Å². The number of aromatic nitrogens is 2. The number of nitrogens with zero attached hydrogens (tertiary/aromatic N) is 5. The van der Waals surface area contributed by atoms with Gasteiger partial charge in [-0.05, 0) is 31.7 Å². The number of carbonyl (C=O) groups is 12. The summed E-state index contributed by atoms with van der Waals surface area (Å²) in [7, 11) is 0. The van der Waals surface area contributed by atoms with Gasteiger partial charge in [0.1, 0.15) is 29.7 Å². The van der Waals surface area contributed by atoms with Gasteiger partial charge >= 0.3 is 31.7 Å². The van der Waals surface area contributed by atoms with E-state index in [4.69, 9.17) is 0 Å². The van der Waals surface area contributed by atoms with E-state index in [1.54, 1.807) is 35.2 Å². The molecule has 0 radical (unpaired) electrons. The van der Waals surface area contributed by atoms with Gasteiger partial charge in [0.05, 0.1) is 74.8 Å². The molecule has 2 aromatic carbocycles. The van der Waals surface area contributed by atoms with Crippen molar-refractivity contribution in [1.82, 2.24) is 45.5 Å². The summed E-state index contributed by atoms with van der Waals surface area (Å²) in [5.74, 6) is -16.8. The van der Waals surface area contributed by atoms with Crippen molar-refractivity contribution in [3.8, 4) is 0 Å². The Hall–Kier alpha value is -8.09. The van der Waals surface area contributed by atoms with E-state index in [0.29, 0.717) is 17.5 Å². The summed E-state index contributed by atoms with van der Waals surface area (Å²) in [6.45, 7) is -1.78. The van der Waals surface area contributed by atoms with Gasteiger partial charge < -0.3 is 92.0 Å². The molecule has 0 spiro atoms. The number of aliphatic carboxylic acids is 5. The number of amides is 3. The number of rotatable bonds is 39. The van der Waals surface area contributed by atoms with Crippen LogP contribution in [0, 0.1) is 17.8 Å². The Kier molecular flexibility index (Phi) is 34.5. The van der Waals surface area contributed by atoms with E-state index in [9.17, 15) is 103 Å². The van der Waals surface area contributed by atoms with Gasteiger partial charge in [0.15, 0.2) is 17.3 Å². The molecule has 1 aliphatic rings. The van der Waals surface area contributed by atoms with Gasteiger partial charge in [-0.2, -0.15) is 0 Å². The van der Waals surface area contributed by atoms with E-state index in [1.807, 2.05) is 0 Å². The molecule has 490 valence electrons. The van der Waals surface area contributed by atoms with E-state index >= 15 is 0 Å². The van der Waals surface area contributed by atoms with Crippen LogP contribution in [0.1, 0.15) is 56.7 Å². The van der Waals surface area contributed by atoms with Gasteiger partial charge in [0, 0.05) is 122 Å². The largest absolute Gasteiger partial charge is 3.00 e. The van der Waals surface area contributed by atoms with Crippen LogP contribution in [0.2, 0.25) is 0 Å². The topological polar surface area (TPSA) is 521 Å². The van der Waals surface area contributed by atoms with Crippen LogP contribution in [0.3, 0.4) is 0 Å². The van der Waals surface area contributed by atoms with Gasteiger partial charge in [0.2, 0.25) is 17.7 Å². The Morgan fingerprint density at radius 1 is 0.667 bits per heavy atom. The maximum atomic E-state index is 13.9. The molecule has 1 aromatic heterocycles. The summed E-state index contributed by atoms with van der Waals surface area (Å²) in [6, 6.07) is 2.28. The molecule has 0 aliphatic carbocycles. The van der Waals surface area contributed by atoms with E-state index in [-0.39, 0.29) is 128 Å². The number of aldehydes is 1. The van der Waals surface area contributed by atoms with Crippen LogP contribution in [0.5, 0.6) is 0 Å². The average molecular weight is 1320 g/mol. The molecular weight excluding hydrogens is 1250 g/mol. The molecule has 1 aliphatic heterocycles. The second-order valence-corrected chi connectivity index (χ2v) is 21.3. The number of carboxylic acids is 5. The third-order valence-electron chi connectivity index (χ3n) is 14.7. The van der Waals surface area contributed by atoms with Crippen LogP contribution < -0.4 is 52.8 Å². The summed E-state index contributed by atoms with van der Waals surface area (Å²) < 4.78 is 0. The smallest absolute Gasteiger partial charge is 0.870 e. The molecule has 3 amide bonds. The molecule has 1 unspecified atom stereocenters. The number of aliphatic hydroxyl groups is 2. The van der Waals surface area contributed by atoms with Crippen molar-refractivity contribution in [3.63, 3.8) is 0 Å². The number of hydrogen-bond acceptors (Lipinski definition) is 27. The fraction of sp³-hybridized carbons (Fsp3) is 0.554. The Morgan fingerprint density at radius 3 is 1.71 bits per heavy atom. The fourth-order valence-corrected chi connectivity index (χ4v) is 9.81. The van der Waals surface area contributed by atoms with E-state index in [2.05, 4.69) is 36.6 Å². The summed E-state index contributed by atoms with van der Waals surface area (Å²) in [5, 5.41) is 86.7. The molecule has 33 nitrogen and oxygen atoms in total. The van der Waals surface area contributed by atoms with Crippen molar-refractivity contribution in [2.75, 3.05) is 109 Å². The number of carbonyl (C=O) groups excluding carboxylic acids is 10. The molecule has 0 bridgehead atoms. The maximum Gasteiger partial charge on any atom is 3.00 e. The summed E-state index contributed by atoms with van der Waals surface area (Å²) in [5.41, 5.74) is -1.66. The molecule has 2 heterocycles. The molecular formula is C56H75GaN11O22-. The normalized spacial score (nSPS) is 16.0. The minimum atomic E-state index is -1.70. The van der Waals surface area contributed by atoms with Crippen molar-refractivity contribution in [3.05, 3.63) is 74.6 Å². The van der Waals surface area contributed by atoms with Crippen molar-refractivity contribution >= 4 is 102 Å². The summed E-state index contributed by atoms with van der Waals surface area (Å²) >= 11 is 0. The van der Waals surface area contributed by atoms with Crippen LogP contribution in [0.4, 0.5) is 11.4 Å². The number of hydrogen-bond donors (Lipinski definition) is 10. The number of aromatic amines is 1. The van der Waals surface area contributed by atoms with Crippen LogP contribution >= 0.6 is 0 Å². The van der Waals surface area contributed by atoms with Gasteiger partial charge in [0.25, 0.3) is 10.9 Å². The Morgan fingerprint density at radius 2 is 1.19 bits per heavy atom. The predicted octanol–water partition coefficient (Wildman–Crippen LogP) is -8.68. The van der Waals surface area contributed by atoms with Crippen molar-refractivity contribution in [2.45, 2.75) is 82.5 Å². The standard InChI is InChI=1S/C56H77N11O21.Ga.H2O/c1-33(43(72)23-36(21-38-26-57-32-60-38)54(84)62-40(30-69)44(73)24-35(20-34-6-3-2-4-7-34)53(83)63-41(31-70)55(85)86)61-52(82)37(25-45(74)75)22-39(71)27-59-49-48(50(80)51(49)81)58-9-5-8-42(56(87)88)67-16-14-64(18-19-68)10-11-65(28-46(76)77)12-13-66(15-17-67)29-47(78)79;;/h2-4,6-7,19,26,32-33,35-37,40-42,58-59,69-70H,5,8-18,20-25,27-31H2,1H3,(H,57,60)(H,61,82)(H,62,84)(H,63,83)(H,74,75)(H,76,77)(H,78,79)(H,85,86)(H,87,88);;1H2/q;+3;/p-4/t33-,35+,36+,37-,40-,41-,42?;;/m0../s1. The molecule has 3 aromatic rings. The number of anilines is 2. The minimum absolute atomic E-state index is 0. The number of aliphatic hydroxyl groups excluding tert-OH is 2. The first-order chi connectivity index (χ1) is 41.8. The van der Waals surface area contributed by atoms with Crippen LogP contribution in [-0.4, -0.2) is 269 Å². The zero-order valence-corrected chi connectivity index (χ0v) is 51.8.